The lowest BCUT2D eigenvalue weighted by Crippen LogP contribution is -2.18. The van der Waals surface area contributed by atoms with E-state index in [9.17, 15) is 15.0 Å². The third-order valence-corrected chi connectivity index (χ3v) is 7.66. The largest absolute Gasteiger partial charge is 0.508 e. The number of carbonyl (C=O) groups is 1. The van der Waals surface area contributed by atoms with Gasteiger partial charge in [-0.05, 0) is 73.9 Å². The van der Waals surface area contributed by atoms with Gasteiger partial charge in [0, 0.05) is 11.8 Å². The molecule has 0 bridgehead atoms. The van der Waals surface area contributed by atoms with Crippen molar-refractivity contribution in [1.29, 1.82) is 0 Å². The predicted molar refractivity (Wildman–Crippen MR) is 180 cm³/mol. The smallest absolute Gasteiger partial charge is 0.305 e. The highest BCUT2D eigenvalue weighted by Gasteiger charge is 2.22. The summed E-state index contributed by atoms with van der Waals surface area (Å²) < 4.78 is 9.34. The Kier molecular flexibility index (Phi) is 21.1. The number of hydrogen-bond donors (Lipinski definition) is 2. The summed E-state index contributed by atoms with van der Waals surface area (Å²) in [5, 5.41) is 18.6. The molecule has 0 aromatic heterocycles. The monoisotopic (exact) mass is 614 g/mol. The Balaban J connectivity index is 0.000000373. The quantitative estimate of drug-likeness (QED) is 0.0609. The maximum atomic E-state index is 10.9. The molecule has 1 fully saturated rings. The molecule has 1 aliphatic heterocycles. The van der Waals surface area contributed by atoms with Crippen LogP contribution < -0.4 is 0 Å². The molecule has 240 valence electrons. The van der Waals surface area contributed by atoms with E-state index in [1.165, 1.54) is 58.5 Å². The first-order valence-corrected chi connectivity index (χ1v) is 16.4. The molecule has 1 heterocycles. The highest BCUT2D eigenvalue weighted by molar-refractivity contribution is 6.18. The topological polar surface area (TPSA) is 79.3 Å². The van der Waals surface area contributed by atoms with E-state index in [2.05, 4.69) is 49.8 Å². The predicted octanol–water partition coefficient (Wildman–Crippen LogP) is 10.0. The zero-order valence-electron chi connectivity index (χ0n) is 26.9. The third kappa shape index (κ3) is 19.2. The number of phenols is 2. The van der Waals surface area contributed by atoms with Gasteiger partial charge in [-0.25, -0.2) is 0 Å². The van der Waals surface area contributed by atoms with E-state index in [0.29, 0.717) is 18.4 Å². The van der Waals surface area contributed by atoms with Gasteiger partial charge in [0.2, 0.25) is 0 Å². The molecule has 1 unspecified atom stereocenters. The average Bonchev–Trinajstić information content (AvgIpc) is 3.85. The highest BCUT2D eigenvalue weighted by Crippen LogP contribution is 2.32. The van der Waals surface area contributed by atoms with E-state index in [4.69, 9.17) is 16.3 Å². The van der Waals surface area contributed by atoms with Crippen molar-refractivity contribution in [3.63, 3.8) is 0 Å². The van der Waals surface area contributed by atoms with Crippen LogP contribution in [0.2, 0.25) is 0 Å². The fraction of sp³-hybridized carbons (Fsp3) is 0.541. The van der Waals surface area contributed by atoms with Crippen molar-refractivity contribution in [3.05, 3.63) is 84.0 Å². The van der Waals surface area contributed by atoms with Crippen molar-refractivity contribution in [2.24, 2.45) is 0 Å². The summed E-state index contributed by atoms with van der Waals surface area (Å²) in [7, 11) is 1.45. The van der Waals surface area contributed by atoms with Crippen molar-refractivity contribution in [1.82, 2.24) is 0 Å². The third-order valence-electron chi connectivity index (χ3n) is 7.31. The van der Waals surface area contributed by atoms with Crippen molar-refractivity contribution in [3.8, 4) is 11.5 Å². The SMILES string of the molecule is CC(C)(c1ccc(O)cc1)c1ccc(O)cc1.CCCCC/C=C\C/C=C\CCCCCCCC(=O)OC.ClCC1CO1. The van der Waals surface area contributed by atoms with Gasteiger partial charge in [0.25, 0.3) is 0 Å². The van der Waals surface area contributed by atoms with E-state index in [-0.39, 0.29) is 22.9 Å². The summed E-state index contributed by atoms with van der Waals surface area (Å²) in [5.74, 6) is 1.13. The first kappa shape index (κ1) is 38.3. The maximum absolute atomic E-state index is 10.9. The molecule has 0 saturated carbocycles. The van der Waals surface area contributed by atoms with Crippen LogP contribution >= 0.6 is 11.6 Å². The summed E-state index contributed by atoms with van der Waals surface area (Å²) in [6.45, 7) is 7.35. The summed E-state index contributed by atoms with van der Waals surface area (Å²) in [4.78, 5) is 10.9. The van der Waals surface area contributed by atoms with Crippen LogP contribution in [0.25, 0.3) is 0 Å². The summed E-state index contributed by atoms with van der Waals surface area (Å²) in [5.41, 5.74) is 2.10. The molecule has 1 atom stereocenters. The van der Waals surface area contributed by atoms with Crippen LogP contribution in [0, 0.1) is 0 Å². The molecule has 0 spiro atoms. The summed E-state index contributed by atoms with van der Waals surface area (Å²) in [6, 6.07) is 14.4. The fourth-order valence-electron chi connectivity index (χ4n) is 4.26. The Bertz CT molecular complexity index is 976. The second-order valence-corrected chi connectivity index (χ2v) is 11.7. The van der Waals surface area contributed by atoms with Gasteiger partial charge < -0.3 is 19.7 Å². The van der Waals surface area contributed by atoms with Crippen molar-refractivity contribution < 1.29 is 24.5 Å². The Morgan fingerprint density at radius 2 is 1.30 bits per heavy atom. The van der Waals surface area contributed by atoms with Crippen LogP contribution in [0.1, 0.15) is 109 Å². The van der Waals surface area contributed by atoms with Crippen molar-refractivity contribution >= 4 is 17.6 Å². The lowest BCUT2D eigenvalue weighted by Gasteiger charge is -2.26. The number of hydrogen-bond acceptors (Lipinski definition) is 5. The number of aromatic hydroxyl groups is 2. The molecule has 5 nitrogen and oxygen atoms in total. The molecule has 1 aliphatic rings. The van der Waals surface area contributed by atoms with Crippen molar-refractivity contribution in [2.45, 2.75) is 109 Å². The number of esters is 1. The fourth-order valence-corrected chi connectivity index (χ4v) is 4.44. The van der Waals surface area contributed by atoms with Crippen LogP contribution in [0.15, 0.2) is 72.8 Å². The molecule has 0 aliphatic carbocycles. The Labute approximate surface area is 266 Å². The molecular weight excluding hydrogens is 560 g/mol. The molecule has 43 heavy (non-hydrogen) atoms. The maximum Gasteiger partial charge on any atom is 0.305 e. The van der Waals surface area contributed by atoms with Crippen LogP contribution in [-0.2, 0) is 19.7 Å². The molecule has 0 radical (unpaired) electrons. The molecule has 1 saturated heterocycles. The molecular formula is C37H55ClO5. The second-order valence-electron chi connectivity index (χ2n) is 11.4. The Morgan fingerprint density at radius 3 is 1.72 bits per heavy atom. The van der Waals surface area contributed by atoms with E-state index < -0.39 is 0 Å². The Hall–Kier alpha value is -2.76. The number of halogens is 1. The summed E-state index contributed by atoms with van der Waals surface area (Å²) >= 11 is 5.27. The van der Waals surface area contributed by atoms with Gasteiger partial charge in [0.05, 0.1) is 25.7 Å². The molecule has 3 rings (SSSR count). The van der Waals surface area contributed by atoms with Gasteiger partial charge in [-0.3, -0.25) is 4.79 Å². The number of allylic oxidation sites excluding steroid dienone is 4. The van der Waals surface area contributed by atoms with E-state index in [1.807, 2.05) is 24.3 Å². The Morgan fingerprint density at radius 1 is 0.837 bits per heavy atom. The first-order valence-electron chi connectivity index (χ1n) is 15.9. The zero-order valence-corrected chi connectivity index (χ0v) is 27.7. The highest BCUT2D eigenvalue weighted by atomic mass is 35.5. The molecule has 6 heteroatoms. The van der Waals surface area contributed by atoms with Crippen molar-refractivity contribution in [2.75, 3.05) is 19.6 Å². The van der Waals surface area contributed by atoms with E-state index in [0.717, 1.165) is 37.0 Å². The molecule has 2 aromatic rings. The number of epoxide rings is 1. The average molecular weight is 615 g/mol. The minimum absolute atomic E-state index is 0.0827. The lowest BCUT2D eigenvalue weighted by atomic mass is 9.78. The number of ether oxygens (including phenoxy) is 2. The minimum atomic E-state index is -0.151. The van der Waals surface area contributed by atoms with Gasteiger partial charge in [0.1, 0.15) is 11.5 Å². The number of unbranched alkanes of at least 4 members (excludes halogenated alkanes) is 8. The van der Waals surface area contributed by atoms with E-state index >= 15 is 0 Å². The molecule has 2 N–H and O–H groups in total. The number of benzene rings is 2. The molecule has 2 aromatic carbocycles. The summed E-state index contributed by atoms with van der Waals surface area (Å²) in [6.07, 6.45) is 23.4. The van der Waals surface area contributed by atoms with Gasteiger partial charge in [-0.1, -0.05) is 101 Å². The second kappa shape index (κ2) is 23.7. The standard InChI is InChI=1S/C19H34O2.C15H16O2.C3H5ClO/c1-3-4-5-6-7-8-9-10-11-12-13-14-15-16-17-18-19(20)21-2;1-15(2,11-3-7-13(16)8-4-11)12-5-9-14(17)10-6-12;4-1-3-2-5-3/h7-8,10-11H,3-6,9,12-18H2,1-2H3;3-10,16-17H,1-2H3;3H,1-2H2/b8-7-,11-10-;;. The van der Waals surface area contributed by atoms with Crippen LogP contribution in [0.5, 0.6) is 11.5 Å². The van der Waals surface area contributed by atoms with Gasteiger partial charge in [-0.2, -0.15) is 0 Å². The van der Waals surface area contributed by atoms with E-state index in [1.54, 1.807) is 24.3 Å². The number of rotatable bonds is 17. The number of phenolic OH excluding ortho intramolecular Hbond substituents is 2. The van der Waals surface area contributed by atoms with Gasteiger partial charge in [0.15, 0.2) is 0 Å². The first-order chi connectivity index (χ1) is 20.7. The lowest BCUT2D eigenvalue weighted by molar-refractivity contribution is -0.140. The number of alkyl halides is 1. The minimum Gasteiger partial charge on any atom is -0.508 e. The van der Waals surface area contributed by atoms with Gasteiger partial charge >= 0.3 is 5.97 Å². The van der Waals surface area contributed by atoms with Crippen LogP contribution in [0.3, 0.4) is 0 Å². The van der Waals surface area contributed by atoms with Crippen LogP contribution in [-0.4, -0.2) is 41.9 Å². The number of methoxy groups -OCH3 is 1. The molecule has 0 amide bonds. The normalized spacial score (nSPS) is 14.1. The number of carbonyl (C=O) groups excluding carboxylic acids is 1. The van der Waals surface area contributed by atoms with Gasteiger partial charge in [-0.15, -0.1) is 11.6 Å². The van der Waals surface area contributed by atoms with Crippen LogP contribution in [0.4, 0.5) is 0 Å². The zero-order chi connectivity index (χ0) is 31.8.